The summed E-state index contributed by atoms with van der Waals surface area (Å²) in [6.45, 7) is 4.26. The van der Waals surface area contributed by atoms with E-state index in [9.17, 15) is 18.3 Å². The first-order valence-electron chi connectivity index (χ1n) is 12.0. The van der Waals surface area contributed by atoms with Crippen LogP contribution in [0.1, 0.15) is 37.8 Å². The van der Waals surface area contributed by atoms with Crippen molar-refractivity contribution in [2.75, 3.05) is 30.0 Å². The van der Waals surface area contributed by atoms with Crippen molar-refractivity contribution in [3.8, 4) is 11.5 Å². The van der Waals surface area contributed by atoms with Crippen molar-refractivity contribution in [2.24, 2.45) is 11.8 Å². The molecule has 0 radical (unpaired) electrons. The van der Waals surface area contributed by atoms with Gasteiger partial charge in [0.25, 0.3) is 0 Å². The lowest BCUT2D eigenvalue weighted by molar-refractivity contribution is 0.130. The number of hydrogen-bond donors (Lipinski definition) is 2. The van der Waals surface area contributed by atoms with Crippen LogP contribution in [-0.2, 0) is 16.4 Å². The Morgan fingerprint density at radius 1 is 1.22 bits per heavy atom. The minimum Gasteiger partial charge on any atom is -0.465 e. The van der Waals surface area contributed by atoms with Gasteiger partial charge < -0.3 is 14.8 Å². The lowest BCUT2D eigenvalue weighted by Crippen LogP contribution is -2.31. The maximum atomic E-state index is 12.2. The quantitative estimate of drug-likeness (QED) is 0.401. The third-order valence-corrected chi connectivity index (χ3v) is 8.02. The van der Waals surface area contributed by atoms with Crippen LogP contribution in [0.15, 0.2) is 46.9 Å². The van der Waals surface area contributed by atoms with Crippen LogP contribution in [-0.4, -0.2) is 66.1 Å². The zero-order valence-corrected chi connectivity index (χ0v) is 22.3. The van der Waals surface area contributed by atoms with E-state index in [2.05, 4.69) is 34.3 Å². The fourth-order valence-electron chi connectivity index (χ4n) is 4.28. The molecule has 0 aliphatic heterocycles. The average Bonchev–Trinajstić information content (AvgIpc) is 3.39. The largest absolute Gasteiger partial charge is 0.465 e. The molecule has 3 aromatic rings. The Kier molecular flexibility index (Phi) is 7.39. The normalized spacial score (nSPS) is 18.6. The Labute approximate surface area is 216 Å². The molecule has 3 unspecified atom stereocenters. The van der Waals surface area contributed by atoms with Gasteiger partial charge in [0.1, 0.15) is 17.7 Å². The highest BCUT2D eigenvalue weighted by Crippen LogP contribution is 2.41. The molecule has 0 bridgehead atoms. The van der Waals surface area contributed by atoms with E-state index in [0.29, 0.717) is 29.6 Å². The summed E-state index contributed by atoms with van der Waals surface area (Å²) in [6, 6.07) is 12.2. The molecule has 2 heterocycles. The number of nitrogens with one attached hydrogen (secondary N) is 1. The number of carbonyl (C=O) groups is 1. The number of sulfonamides is 1. The molecule has 37 heavy (non-hydrogen) atoms. The number of nitrogens with zero attached hydrogens (tertiary/aromatic N) is 5. The second kappa shape index (κ2) is 10.4. The number of carboxylic acid groups (broad SMARTS) is 1. The molecule has 2 aromatic heterocycles. The molecule has 4 rings (SSSR count). The van der Waals surface area contributed by atoms with Gasteiger partial charge in [0.15, 0.2) is 0 Å². The van der Waals surface area contributed by atoms with Crippen molar-refractivity contribution in [1.82, 2.24) is 20.1 Å². The topological polar surface area (TPSA) is 142 Å². The predicted octanol–water partition coefficient (Wildman–Crippen LogP) is 3.88. The van der Waals surface area contributed by atoms with Crippen LogP contribution in [0.2, 0.25) is 0 Å². The van der Waals surface area contributed by atoms with Crippen molar-refractivity contribution in [3.63, 3.8) is 0 Å². The molecule has 1 fully saturated rings. The van der Waals surface area contributed by atoms with Crippen molar-refractivity contribution >= 4 is 27.8 Å². The first-order chi connectivity index (χ1) is 17.4. The van der Waals surface area contributed by atoms with Gasteiger partial charge in [-0.15, -0.1) is 10.2 Å². The number of benzene rings is 1. The lowest BCUT2D eigenvalue weighted by atomic mass is 10.1. The number of amides is 1. The van der Waals surface area contributed by atoms with Crippen LogP contribution in [0.4, 0.5) is 16.4 Å². The smallest absolute Gasteiger partial charge is 0.407 e. The zero-order chi connectivity index (χ0) is 26.9. The Morgan fingerprint density at radius 3 is 2.49 bits per heavy atom. The van der Waals surface area contributed by atoms with Gasteiger partial charge in [0, 0.05) is 32.1 Å². The molecule has 0 spiro atoms. The first-order valence-corrected chi connectivity index (χ1v) is 13.8. The van der Waals surface area contributed by atoms with Crippen LogP contribution in [0.3, 0.4) is 0 Å². The monoisotopic (exact) mass is 528 g/mol. The highest BCUT2D eigenvalue weighted by molar-refractivity contribution is 7.92. The summed E-state index contributed by atoms with van der Waals surface area (Å²) in [5.74, 6) is 2.08. The van der Waals surface area contributed by atoms with E-state index in [1.807, 2.05) is 30.3 Å². The molecule has 11 nitrogen and oxygen atoms in total. The van der Waals surface area contributed by atoms with Gasteiger partial charge in [-0.1, -0.05) is 37.3 Å². The molecule has 0 saturated heterocycles. The molecule has 1 aliphatic carbocycles. The summed E-state index contributed by atoms with van der Waals surface area (Å²) in [5, 5.41) is 21.3. The third-order valence-electron chi connectivity index (χ3n) is 6.84. The molecule has 1 aliphatic rings. The van der Waals surface area contributed by atoms with E-state index in [0.717, 1.165) is 27.4 Å². The third kappa shape index (κ3) is 6.19. The van der Waals surface area contributed by atoms with E-state index < -0.39 is 22.2 Å². The van der Waals surface area contributed by atoms with Gasteiger partial charge in [-0.25, -0.2) is 18.2 Å². The Hall–Kier alpha value is -3.67. The van der Waals surface area contributed by atoms with Gasteiger partial charge in [0.05, 0.1) is 6.26 Å². The molecular formula is C25H32N6O5S. The second-order valence-electron chi connectivity index (χ2n) is 9.68. The van der Waals surface area contributed by atoms with Gasteiger partial charge in [0.2, 0.25) is 21.8 Å². The number of hydrogen-bond acceptors (Lipinski definition) is 8. The summed E-state index contributed by atoms with van der Waals surface area (Å²) in [4.78, 5) is 17.4. The van der Waals surface area contributed by atoms with Crippen LogP contribution in [0, 0.1) is 11.8 Å². The van der Waals surface area contributed by atoms with Gasteiger partial charge in [-0.2, -0.15) is 0 Å². The van der Waals surface area contributed by atoms with Crippen molar-refractivity contribution in [1.29, 1.82) is 0 Å². The highest BCUT2D eigenvalue weighted by atomic mass is 32.2. The summed E-state index contributed by atoms with van der Waals surface area (Å²) in [5.41, 5.74) is 1.38. The summed E-state index contributed by atoms with van der Waals surface area (Å²) < 4.78 is 31.5. The standard InChI is InChI=1S/C25H32N6O5S/c1-15-11-19(15)16(2)26-21-13-18(14-22(27-21)31(4)37(5,34)35)23-28-29-24(36-23)20(30(3)25(32)33)12-17-9-7-6-8-10-17/h6-10,13-16,19-20H,11-12H2,1-5H3,(H,26,27)(H,32,33)/t15?,16-,19?,20?/m0/s1. The van der Waals surface area contributed by atoms with E-state index in [1.165, 1.54) is 14.1 Å². The summed E-state index contributed by atoms with van der Waals surface area (Å²) >= 11 is 0. The molecule has 1 saturated carbocycles. The SMILES string of the molecule is CC1CC1[C@H](C)Nc1cc(-c2nnc(C(Cc3ccccc3)N(C)C(=O)O)o2)cc(N(C)S(C)(=O)=O)n1. The number of pyridine rings is 1. The zero-order valence-electron chi connectivity index (χ0n) is 21.5. The summed E-state index contributed by atoms with van der Waals surface area (Å²) in [7, 11) is -0.695. The molecular weight excluding hydrogens is 496 g/mol. The number of aromatic nitrogens is 3. The molecule has 198 valence electrons. The van der Waals surface area contributed by atoms with Gasteiger partial charge in [-0.3, -0.25) is 9.21 Å². The average molecular weight is 529 g/mol. The summed E-state index contributed by atoms with van der Waals surface area (Å²) in [6.07, 6.45) is 1.44. The highest BCUT2D eigenvalue weighted by Gasteiger charge is 2.37. The minimum absolute atomic E-state index is 0.132. The van der Waals surface area contributed by atoms with Crippen LogP contribution >= 0.6 is 0 Å². The Balaban J connectivity index is 1.70. The van der Waals surface area contributed by atoms with E-state index in [1.54, 1.807) is 12.1 Å². The van der Waals surface area contributed by atoms with Crippen LogP contribution in [0.25, 0.3) is 11.5 Å². The number of anilines is 2. The fraction of sp³-hybridized carbons (Fsp3) is 0.440. The fourth-order valence-corrected chi connectivity index (χ4v) is 4.71. The van der Waals surface area contributed by atoms with Crippen LogP contribution in [0.5, 0.6) is 0 Å². The molecule has 2 N–H and O–H groups in total. The first kappa shape index (κ1) is 26.4. The Bertz CT molecular complexity index is 1360. The molecule has 1 aromatic carbocycles. The molecule has 4 atom stereocenters. The Morgan fingerprint density at radius 2 is 1.89 bits per heavy atom. The van der Waals surface area contributed by atoms with Gasteiger partial charge >= 0.3 is 6.09 Å². The minimum atomic E-state index is -3.57. The maximum Gasteiger partial charge on any atom is 0.407 e. The molecule has 12 heteroatoms. The van der Waals surface area contributed by atoms with Crippen molar-refractivity contribution in [3.05, 3.63) is 53.9 Å². The molecule has 1 amide bonds. The van der Waals surface area contributed by atoms with Crippen molar-refractivity contribution in [2.45, 2.75) is 38.8 Å². The lowest BCUT2D eigenvalue weighted by Gasteiger charge is -2.22. The van der Waals surface area contributed by atoms with E-state index in [-0.39, 0.29) is 23.6 Å². The maximum absolute atomic E-state index is 12.2. The van der Waals surface area contributed by atoms with Crippen molar-refractivity contribution < 1.29 is 22.7 Å². The number of rotatable bonds is 10. The van der Waals surface area contributed by atoms with E-state index in [4.69, 9.17) is 4.42 Å². The second-order valence-corrected chi connectivity index (χ2v) is 11.7. The van der Waals surface area contributed by atoms with E-state index >= 15 is 0 Å². The van der Waals surface area contributed by atoms with Crippen LogP contribution < -0.4 is 9.62 Å². The predicted molar refractivity (Wildman–Crippen MR) is 140 cm³/mol. The number of likely N-dealkylation sites (N-methyl/N-ethyl adjacent to an activating group) is 1. The van der Waals surface area contributed by atoms with Gasteiger partial charge in [-0.05, 0) is 42.9 Å².